The lowest BCUT2D eigenvalue weighted by Crippen LogP contribution is -2.44. The molecule has 1 aliphatic heterocycles. The number of piperidine rings is 1. The molecule has 0 unspecified atom stereocenters. The number of carbonyl (C=O) groups excluding carboxylic acids is 2. The number of fused-ring (bicyclic) bond motifs is 2. The van der Waals surface area contributed by atoms with E-state index in [0.29, 0.717) is 13.0 Å². The molecule has 1 aromatic carbocycles. The Morgan fingerprint density at radius 3 is 2.63 bits per heavy atom. The fourth-order valence-electron chi connectivity index (χ4n) is 5.09. The van der Waals surface area contributed by atoms with E-state index >= 15 is 0 Å². The maximum absolute atomic E-state index is 12.7. The fourth-order valence-corrected chi connectivity index (χ4v) is 5.78. The van der Waals surface area contributed by atoms with E-state index in [1.54, 1.807) is 0 Å². The smallest absolute Gasteiger partial charge is 0.263 e. The molecule has 1 fully saturated rings. The molecule has 1 spiro atoms. The van der Waals surface area contributed by atoms with E-state index in [1.165, 1.54) is 22.5 Å². The number of nitrogens with one attached hydrogen (secondary N) is 1. The number of nitrogens with zero attached hydrogens (tertiary/aromatic N) is 2. The van der Waals surface area contributed by atoms with E-state index in [9.17, 15) is 9.59 Å². The largest absolute Gasteiger partial charge is 0.355 e. The maximum atomic E-state index is 12.7. The van der Waals surface area contributed by atoms with Gasteiger partial charge in [0, 0.05) is 32.6 Å². The SMILES string of the molecule is CN(C)CCNC(=O)C[C@H]1CC2(CCN(C(=O)c3cccs3)CC2)c2ccccc21. The Bertz CT molecular complexity index is 886. The fraction of sp³-hybridized carbons (Fsp3) is 0.500. The summed E-state index contributed by atoms with van der Waals surface area (Å²) < 4.78 is 0. The highest BCUT2D eigenvalue weighted by atomic mass is 32.1. The van der Waals surface area contributed by atoms with Crippen LogP contribution in [0.3, 0.4) is 0 Å². The highest BCUT2D eigenvalue weighted by Crippen LogP contribution is 2.52. The third-order valence-electron chi connectivity index (χ3n) is 6.66. The minimum atomic E-state index is 0.0946. The molecule has 1 atom stereocenters. The Morgan fingerprint density at radius 1 is 1.17 bits per heavy atom. The second kappa shape index (κ2) is 8.90. The molecular formula is C24H31N3O2S. The van der Waals surface area contributed by atoms with Gasteiger partial charge in [0.25, 0.3) is 5.91 Å². The van der Waals surface area contributed by atoms with Crippen LogP contribution in [-0.2, 0) is 10.2 Å². The third-order valence-corrected chi connectivity index (χ3v) is 7.52. The van der Waals surface area contributed by atoms with Crippen molar-refractivity contribution in [3.8, 4) is 0 Å². The van der Waals surface area contributed by atoms with Crippen molar-refractivity contribution in [1.82, 2.24) is 15.1 Å². The number of thiophene rings is 1. The van der Waals surface area contributed by atoms with Gasteiger partial charge in [0.1, 0.15) is 0 Å². The molecule has 0 bridgehead atoms. The van der Waals surface area contributed by atoms with Crippen molar-refractivity contribution in [3.63, 3.8) is 0 Å². The quantitative estimate of drug-likeness (QED) is 0.771. The Balaban J connectivity index is 1.43. The first-order chi connectivity index (χ1) is 14.5. The number of carbonyl (C=O) groups is 2. The van der Waals surface area contributed by atoms with Gasteiger partial charge in [-0.15, -0.1) is 11.3 Å². The van der Waals surface area contributed by atoms with Crippen molar-refractivity contribution in [3.05, 3.63) is 57.8 Å². The molecule has 5 nitrogen and oxygen atoms in total. The molecule has 4 rings (SSSR count). The molecule has 2 aromatic rings. The summed E-state index contributed by atoms with van der Waals surface area (Å²) in [5.41, 5.74) is 2.83. The van der Waals surface area contributed by atoms with Crippen molar-refractivity contribution >= 4 is 23.2 Å². The van der Waals surface area contributed by atoms with Crippen molar-refractivity contribution in [2.75, 3.05) is 40.3 Å². The lowest BCUT2D eigenvalue weighted by atomic mass is 9.73. The molecule has 1 aromatic heterocycles. The van der Waals surface area contributed by atoms with Crippen LogP contribution in [0.15, 0.2) is 41.8 Å². The minimum absolute atomic E-state index is 0.0946. The summed E-state index contributed by atoms with van der Waals surface area (Å²) in [6, 6.07) is 12.5. The number of benzene rings is 1. The van der Waals surface area contributed by atoms with Crippen LogP contribution in [0.2, 0.25) is 0 Å². The summed E-state index contributed by atoms with van der Waals surface area (Å²) in [7, 11) is 4.03. The van der Waals surface area contributed by atoms with E-state index in [-0.39, 0.29) is 23.1 Å². The molecule has 1 saturated heterocycles. The van der Waals surface area contributed by atoms with Gasteiger partial charge in [0.05, 0.1) is 4.88 Å². The van der Waals surface area contributed by atoms with Crippen LogP contribution in [0.4, 0.5) is 0 Å². The molecular weight excluding hydrogens is 394 g/mol. The topological polar surface area (TPSA) is 52.7 Å². The monoisotopic (exact) mass is 425 g/mol. The summed E-state index contributed by atoms with van der Waals surface area (Å²) in [5.74, 6) is 0.557. The molecule has 6 heteroatoms. The molecule has 1 N–H and O–H groups in total. The summed E-state index contributed by atoms with van der Waals surface area (Å²) in [6.45, 7) is 3.11. The van der Waals surface area contributed by atoms with Gasteiger partial charge in [-0.25, -0.2) is 0 Å². The van der Waals surface area contributed by atoms with E-state index in [1.807, 2.05) is 36.5 Å². The summed E-state index contributed by atoms with van der Waals surface area (Å²) in [6.07, 6.45) is 3.50. The minimum Gasteiger partial charge on any atom is -0.355 e. The zero-order valence-corrected chi connectivity index (χ0v) is 18.7. The van der Waals surface area contributed by atoms with Crippen LogP contribution in [0, 0.1) is 0 Å². The number of likely N-dealkylation sites (N-methyl/N-ethyl adjacent to an activating group) is 1. The van der Waals surface area contributed by atoms with Crippen LogP contribution in [0.25, 0.3) is 0 Å². The Hall–Kier alpha value is -2.18. The van der Waals surface area contributed by atoms with E-state index in [2.05, 4.69) is 34.5 Å². The summed E-state index contributed by atoms with van der Waals surface area (Å²) >= 11 is 1.51. The normalized spacial score (nSPS) is 19.8. The van der Waals surface area contributed by atoms with Crippen molar-refractivity contribution in [2.24, 2.45) is 0 Å². The number of likely N-dealkylation sites (tertiary alicyclic amines) is 1. The zero-order valence-electron chi connectivity index (χ0n) is 17.9. The zero-order chi connectivity index (χ0) is 21.1. The Kier molecular flexibility index (Phi) is 6.25. The average Bonchev–Trinajstić information content (AvgIpc) is 3.36. The number of rotatable bonds is 6. The second-order valence-electron chi connectivity index (χ2n) is 8.90. The van der Waals surface area contributed by atoms with Crippen LogP contribution >= 0.6 is 11.3 Å². The van der Waals surface area contributed by atoms with Gasteiger partial charge in [-0.05, 0) is 67.3 Å². The Morgan fingerprint density at radius 2 is 1.93 bits per heavy atom. The first-order valence-electron chi connectivity index (χ1n) is 10.8. The standard InChI is InChI=1S/C24H31N3O2S/c1-26(2)14-11-25-22(28)16-18-17-24(20-7-4-3-6-19(18)20)9-12-27(13-10-24)23(29)21-8-5-15-30-21/h3-8,15,18H,9-14,16-17H2,1-2H3,(H,25,28)/t18-/m0/s1. The van der Waals surface area contributed by atoms with E-state index < -0.39 is 0 Å². The second-order valence-corrected chi connectivity index (χ2v) is 9.84. The van der Waals surface area contributed by atoms with Gasteiger partial charge in [0.15, 0.2) is 0 Å². The summed E-state index contributed by atoms with van der Waals surface area (Å²) in [5, 5.41) is 5.03. The maximum Gasteiger partial charge on any atom is 0.263 e. The average molecular weight is 426 g/mol. The van der Waals surface area contributed by atoms with E-state index in [4.69, 9.17) is 0 Å². The molecule has 0 radical (unpaired) electrons. The highest BCUT2D eigenvalue weighted by Gasteiger charge is 2.46. The van der Waals surface area contributed by atoms with Crippen LogP contribution in [0.1, 0.15) is 52.4 Å². The highest BCUT2D eigenvalue weighted by molar-refractivity contribution is 7.12. The predicted molar refractivity (Wildman–Crippen MR) is 121 cm³/mol. The third kappa shape index (κ3) is 4.30. The molecule has 30 heavy (non-hydrogen) atoms. The van der Waals surface area contributed by atoms with Gasteiger partial charge in [0.2, 0.25) is 5.91 Å². The van der Waals surface area contributed by atoms with Crippen molar-refractivity contribution in [2.45, 2.75) is 37.0 Å². The van der Waals surface area contributed by atoms with Crippen LogP contribution < -0.4 is 5.32 Å². The molecule has 0 saturated carbocycles. The number of hydrogen-bond donors (Lipinski definition) is 1. The first kappa shape index (κ1) is 21.1. The number of amides is 2. The van der Waals surface area contributed by atoms with Crippen LogP contribution in [-0.4, -0.2) is 61.9 Å². The van der Waals surface area contributed by atoms with Gasteiger partial charge in [-0.3, -0.25) is 9.59 Å². The lowest BCUT2D eigenvalue weighted by Gasteiger charge is -2.40. The van der Waals surface area contributed by atoms with Crippen molar-refractivity contribution in [1.29, 1.82) is 0 Å². The lowest BCUT2D eigenvalue weighted by molar-refractivity contribution is -0.121. The molecule has 2 amide bonds. The van der Waals surface area contributed by atoms with Crippen molar-refractivity contribution < 1.29 is 9.59 Å². The molecule has 160 valence electrons. The van der Waals surface area contributed by atoms with Gasteiger partial charge >= 0.3 is 0 Å². The summed E-state index contributed by atoms with van der Waals surface area (Å²) in [4.78, 5) is 30.2. The first-order valence-corrected chi connectivity index (χ1v) is 11.7. The van der Waals surface area contributed by atoms with Crippen LogP contribution in [0.5, 0.6) is 0 Å². The Labute approximate surface area is 183 Å². The number of hydrogen-bond acceptors (Lipinski definition) is 4. The van der Waals surface area contributed by atoms with Gasteiger partial charge < -0.3 is 15.1 Å². The predicted octanol–water partition coefficient (Wildman–Crippen LogP) is 3.48. The van der Waals surface area contributed by atoms with Gasteiger partial charge in [-0.2, -0.15) is 0 Å². The van der Waals surface area contributed by atoms with E-state index in [0.717, 1.165) is 43.8 Å². The molecule has 2 heterocycles. The molecule has 2 aliphatic rings. The molecule has 1 aliphatic carbocycles. The van der Waals surface area contributed by atoms with Gasteiger partial charge in [-0.1, -0.05) is 30.3 Å².